The lowest BCUT2D eigenvalue weighted by Crippen LogP contribution is -2.51. The minimum atomic E-state index is -1.31. The van der Waals surface area contributed by atoms with E-state index in [0.717, 1.165) is 24.2 Å². The summed E-state index contributed by atoms with van der Waals surface area (Å²) in [6.07, 6.45) is 4.90. The van der Waals surface area contributed by atoms with Gasteiger partial charge < -0.3 is 19.3 Å². The summed E-state index contributed by atoms with van der Waals surface area (Å²) in [6.45, 7) is 2.11. The van der Waals surface area contributed by atoms with Gasteiger partial charge in [0.05, 0.1) is 31.4 Å². The first-order valence-corrected chi connectivity index (χ1v) is 13.9. The molecule has 13 heteroatoms. The first kappa shape index (κ1) is 26.1. The third-order valence-electron chi connectivity index (χ3n) is 7.10. The molecule has 6 rings (SSSR count). The smallest absolute Gasteiger partial charge is 0.341 e. The Hall–Kier alpha value is -4.10. The molecule has 0 bridgehead atoms. The van der Waals surface area contributed by atoms with Crippen LogP contribution in [-0.2, 0) is 0 Å². The summed E-state index contributed by atoms with van der Waals surface area (Å²) in [5.41, 5.74) is 0.838. The highest BCUT2D eigenvalue weighted by molar-refractivity contribution is 7.73. The van der Waals surface area contributed by atoms with Crippen LogP contribution in [0.15, 0.2) is 52.4 Å². The van der Waals surface area contributed by atoms with Crippen LogP contribution in [-0.4, -0.2) is 65.0 Å². The number of nitrogens with zero attached hydrogens (tertiary/aromatic N) is 6. The van der Waals surface area contributed by atoms with Crippen molar-refractivity contribution in [2.24, 2.45) is 4.99 Å². The summed E-state index contributed by atoms with van der Waals surface area (Å²) < 4.78 is 22.9. The molecule has 0 spiro atoms. The maximum absolute atomic E-state index is 15.3. The van der Waals surface area contributed by atoms with Gasteiger partial charge in [-0.3, -0.25) is 9.80 Å². The van der Waals surface area contributed by atoms with E-state index in [1.165, 1.54) is 23.6 Å². The number of rotatable bonds is 7. The average molecular weight is 581 g/mol. The number of hydrogen-bond acceptors (Lipinski definition) is 9. The molecule has 40 heavy (non-hydrogen) atoms. The Labute approximate surface area is 237 Å². The molecule has 2 aromatic carbocycles. The van der Waals surface area contributed by atoms with E-state index >= 15 is 4.39 Å². The Bertz CT molecular complexity index is 1750. The summed E-state index contributed by atoms with van der Waals surface area (Å²) >= 11 is 6.84. The lowest BCUT2D eigenvalue weighted by molar-refractivity contribution is 0.0695. The lowest BCUT2D eigenvalue weighted by Gasteiger charge is -2.36. The molecule has 3 heterocycles. The normalized spacial score (nSPS) is 15.8. The van der Waals surface area contributed by atoms with Crippen molar-refractivity contribution in [3.8, 4) is 5.75 Å². The SMILES string of the molecule is COc1ccc(/C=N/c2nn(N3CCN(c4cc5c(cc4F)c(=O)c(C(=O)O)cn5C4CC4)CC3)c(=S)s2)cc1. The quantitative estimate of drug-likeness (QED) is 0.254. The molecule has 1 saturated heterocycles. The summed E-state index contributed by atoms with van der Waals surface area (Å²) in [4.78, 5) is 32.5. The molecule has 206 valence electrons. The molecule has 4 aromatic rings. The minimum Gasteiger partial charge on any atom is -0.497 e. The number of carboxylic acid groups (broad SMARTS) is 1. The van der Waals surface area contributed by atoms with Gasteiger partial charge in [-0.1, -0.05) is 11.3 Å². The second-order valence-corrected chi connectivity index (χ2v) is 11.2. The zero-order valence-corrected chi connectivity index (χ0v) is 23.1. The Morgan fingerprint density at radius 3 is 2.58 bits per heavy atom. The van der Waals surface area contributed by atoms with Crippen LogP contribution in [0, 0.1) is 9.77 Å². The van der Waals surface area contributed by atoms with Gasteiger partial charge in [0, 0.05) is 36.9 Å². The number of methoxy groups -OCH3 is 1. The Morgan fingerprint density at radius 2 is 1.93 bits per heavy atom. The number of fused-ring (bicyclic) bond motifs is 1. The van der Waals surface area contributed by atoms with E-state index in [2.05, 4.69) is 10.1 Å². The number of anilines is 1. The van der Waals surface area contributed by atoms with Gasteiger partial charge in [0.15, 0.2) is 0 Å². The largest absolute Gasteiger partial charge is 0.497 e. The Morgan fingerprint density at radius 1 is 1.20 bits per heavy atom. The second-order valence-electron chi connectivity index (χ2n) is 9.65. The van der Waals surface area contributed by atoms with Gasteiger partial charge in [-0.2, -0.15) is 4.79 Å². The number of pyridine rings is 1. The fraction of sp³-hybridized carbons (Fsp3) is 0.296. The molecule has 10 nitrogen and oxygen atoms in total. The van der Waals surface area contributed by atoms with Gasteiger partial charge in [0.1, 0.15) is 17.1 Å². The predicted molar refractivity (Wildman–Crippen MR) is 155 cm³/mol. The van der Waals surface area contributed by atoms with Crippen molar-refractivity contribution < 1.29 is 19.0 Å². The summed E-state index contributed by atoms with van der Waals surface area (Å²) in [6, 6.07) is 10.5. The molecule has 0 amide bonds. The molecule has 0 unspecified atom stereocenters. The molecule has 1 aliphatic carbocycles. The van der Waals surface area contributed by atoms with Crippen molar-refractivity contribution in [3.63, 3.8) is 0 Å². The zero-order chi connectivity index (χ0) is 28.0. The van der Waals surface area contributed by atoms with Crippen molar-refractivity contribution in [2.45, 2.75) is 18.9 Å². The summed E-state index contributed by atoms with van der Waals surface area (Å²) in [5.74, 6) is -1.09. The number of carbonyl (C=O) groups is 1. The minimum absolute atomic E-state index is 0.0863. The van der Waals surface area contributed by atoms with Crippen LogP contribution >= 0.6 is 23.6 Å². The van der Waals surface area contributed by atoms with Crippen LogP contribution in [0.5, 0.6) is 5.75 Å². The highest BCUT2D eigenvalue weighted by atomic mass is 32.1. The number of aromatic carboxylic acids is 1. The zero-order valence-electron chi connectivity index (χ0n) is 21.5. The van der Waals surface area contributed by atoms with Crippen molar-refractivity contribution in [1.29, 1.82) is 0 Å². The monoisotopic (exact) mass is 580 g/mol. The summed E-state index contributed by atoms with van der Waals surface area (Å²) in [7, 11) is 1.62. The van der Waals surface area contributed by atoms with Gasteiger partial charge in [0.25, 0.3) is 0 Å². The van der Waals surface area contributed by atoms with E-state index in [1.807, 2.05) is 38.7 Å². The number of carboxylic acids is 1. The Balaban J connectivity index is 1.21. The van der Waals surface area contributed by atoms with E-state index in [-0.39, 0.29) is 17.0 Å². The Kier molecular flexibility index (Phi) is 6.84. The van der Waals surface area contributed by atoms with Crippen LogP contribution in [0.1, 0.15) is 34.8 Å². The highest BCUT2D eigenvalue weighted by Gasteiger charge is 2.29. The third kappa shape index (κ3) is 4.97. The van der Waals surface area contributed by atoms with Crippen LogP contribution in [0.3, 0.4) is 0 Å². The molecule has 0 atom stereocenters. The van der Waals surface area contributed by atoms with Crippen LogP contribution in [0.25, 0.3) is 10.9 Å². The van der Waals surface area contributed by atoms with Crippen molar-refractivity contribution in [2.75, 3.05) is 43.2 Å². The van der Waals surface area contributed by atoms with Gasteiger partial charge in [0.2, 0.25) is 14.5 Å². The molecule has 2 fully saturated rings. The lowest BCUT2D eigenvalue weighted by atomic mass is 10.1. The van der Waals surface area contributed by atoms with Gasteiger partial charge in [-0.05, 0) is 67.0 Å². The van der Waals surface area contributed by atoms with Crippen LogP contribution in [0.4, 0.5) is 15.2 Å². The molecule has 2 aliphatic rings. The number of aliphatic imine (C=N–C) groups is 1. The van der Waals surface area contributed by atoms with Gasteiger partial charge in [-0.15, -0.1) is 5.10 Å². The highest BCUT2D eigenvalue weighted by Crippen LogP contribution is 2.38. The fourth-order valence-corrected chi connectivity index (χ4v) is 5.84. The van der Waals surface area contributed by atoms with Crippen molar-refractivity contribution >= 4 is 57.5 Å². The van der Waals surface area contributed by atoms with Gasteiger partial charge >= 0.3 is 5.97 Å². The van der Waals surface area contributed by atoms with Crippen LogP contribution < -0.4 is 20.1 Å². The van der Waals surface area contributed by atoms with Crippen LogP contribution in [0.2, 0.25) is 0 Å². The topological polar surface area (TPSA) is 105 Å². The summed E-state index contributed by atoms with van der Waals surface area (Å²) in [5, 5.41) is 16.7. The maximum atomic E-state index is 15.3. The first-order valence-electron chi connectivity index (χ1n) is 12.7. The molecule has 0 radical (unpaired) electrons. The van der Waals surface area contributed by atoms with Gasteiger partial charge in [-0.25, -0.2) is 14.2 Å². The van der Waals surface area contributed by atoms with Crippen molar-refractivity contribution in [3.05, 3.63) is 73.7 Å². The number of ether oxygens (including phenoxy) is 1. The number of aromatic nitrogens is 3. The molecule has 1 saturated carbocycles. The standard InChI is InChI=1S/C27H25FN6O4S2/c1-38-18-6-2-16(3-7-18)14-29-26-30-34(27(39)40-26)32-10-8-31(9-11-32)23-13-22-19(12-21(23)28)24(35)20(25(36)37)15-33(22)17-4-5-17/h2-3,6-7,12-15,17H,4-5,8-11H2,1H3,(H,36,37)/b29-14+. The van der Waals surface area contributed by atoms with E-state index < -0.39 is 17.2 Å². The van der Waals surface area contributed by atoms with Crippen molar-refractivity contribution in [1.82, 2.24) is 14.5 Å². The van der Waals surface area contributed by atoms with E-state index in [1.54, 1.807) is 24.2 Å². The molecule has 2 aromatic heterocycles. The number of halogens is 1. The molecular weight excluding hydrogens is 555 g/mol. The number of benzene rings is 2. The predicted octanol–water partition coefficient (Wildman–Crippen LogP) is 4.38. The third-order valence-corrected chi connectivity index (χ3v) is 8.22. The van der Waals surface area contributed by atoms with E-state index in [0.29, 0.717) is 46.5 Å². The molecule has 1 aliphatic heterocycles. The number of piperazine rings is 1. The van der Waals surface area contributed by atoms with E-state index in [9.17, 15) is 14.7 Å². The first-order chi connectivity index (χ1) is 19.3. The number of hydrogen-bond donors (Lipinski definition) is 1. The second kappa shape index (κ2) is 10.5. The molecule has 1 N–H and O–H groups in total. The maximum Gasteiger partial charge on any atom is 0.341 e. The fourth-order valence-electron chi connectivity index (χ4n) is 4.85. The van der Waals surface area contributed by atoms with E-state index in [4.69, 9.17) is 17.0 Å². The molecular formula is C27H25FN6O4S2. The average Bonchev–Trinajstić information content (AvgIpc) is 3.74.